The molecule has 0 aliphatic carbocycles. The third-order valence-electron chi connectivity index (χ3n) is 5.01. The van der Waals surface area contributed by atoms with Crippen LogP contribution in [0.25, 0.3) is 39.0 Å². The van der Waals surface area contributed by atoms with E-state index in [2.05, 4.69) is 61.8 Å². The van der Waals surface area contributed by atoms with Crippen LogP contribution in [-0.4, -0.2) is 0 Å². The summed E-state index contributed by atoms with van der Waals surface area (Å²) in [5.41, 5.74) is 5.85. The van der Waals surface area contributed by atoms with E-state index in [4.69, 9.17) is 8.83 Å². The summed E-state index contributed by atoms with van der Waals surface area (Å²) in [6.45, 7) is 7.96. The summed E-state index contributed by atoms with van der Waals surface area (Å²) in [6.07, 6.45) is 3.85. The highest BCUT2D eigenvalue weighted by Gasteiger charge is 2.16. The van der Waals surface area contributed by atoms with Gasteiger partial charge in [-0.15, -0.1) is 11.8 Å². The molecule has 0 aliphatic heterocycles. The second-order valence-electron chi connectivity index (χ2n) is 6.73. The van der Waals surface area contributed by atoms with Gasteiger partial charge in [0, 0.05) is 32.9 Å². The molecular formula is C26H22O2. The molecule has 4 rings (SSSR count). The molecule has 0 aliphatic rings. The highest BCUT2D eigenvalue weighted by atomic mass is 16.3. The van der Waals surface area contributed by atoms with Crippen LogP contribution in [0.4, 0.5) is 0 Å². The van der Waals surface area contributed by atoms with Gasteiger partial charge in [0.15, 0.2) is 0 Å². The quantitative estimate of drug-likeness (QED) is 0.362. The Kier molecular flexibility index (Phi) is 4.72. The first-order chi connectivity index (χ1) is 13.7. The van der Waals surface area contributed by atoms with Gasteiger partial charge in [0.1, 0.15) is 22.5 Å². The standard InChI is InChI=1S/C26H22O2/c1-5-9-17(7-3)13-23-19(8-4)21-15-26-22(16-25(21)27-23)20-12-11-18(10-6-2)14-24(20)28-26/h11-16H,7-8H2,1-4H3/b17-13+. The van der Waals surface area contributed by atoms with E-state index < -0.39 is 0 Å². The zero-order valence-corrected chi connectivity index (χ0v) is 16.7. The van der Waals surface area contributed by atoms with Gasteiger partial charge < -0.3 is 8.83 Å². The predicted molar refractivity (Wildman–Crippen MR) is 117 cm³/mol. The minimum atomic E-state index is 0.854. The van der Waals surface area contributed by atoms with Crippen molar-refractivity contribution in [3.63, 3.8) is 0 Å². The molecule has 2 nitrogen and oxygen atoms in total. The van der Waals surface area contributed by atoms with Crippen LogP contribution in [0, 0.1) is 23.7 Å². The summed E-state index contributed by atoms with van der Waals surface area (Å²) in [5.74, 6) is 13.1. The summed E-state index contributed by atoms with van der Waals surface area (Å²) < 4.78 is 12.4. The van der Waals surface area contributed by atoms with Crippen LogP contribution in [-0.2, 0) is 6.42 Å². The van der Waals surface area contributed by atoms with E-state index in [9.17, 15) is 0 Å². The van der Waals surface area contributed by atoms with Crippen molar-refractivity contribution in [3.05, 3.63) is 52.8 Å². The molecule has 0 amide bonds. The van der Waals surface area contributed by atoms with Crippen LogP contribution in [0.3, 0.4) is 0 Å². The fourth-order valence-electron chi connectivity index (χ4n) is 3.68. The smallest absolute Gasteiger partial charge is 0.136 e. The number of furan rings is 2. The van der Waals surface area contributed by atoms with Crippen LogP contribution < -0.4 is 0 Å². The molecular weight excluding hydrogens is 344 g/mol. The third kappa shape index (κ3) is 2.98. The van der Waals surface area contributed by atoms with Gasteiger partial charge in [-0.25, -0.2) is 0 Å². The second kappa shape index (κ2) is 7.34. The lowest BCUT2D eigenvalue weighted by atomic mass is 10.0. The van der Waals surface area contributed by atoms with E-state index in [1.54, 1.807) is 0 Å². The molecule has 4 aromatic rings. The summed E-state index contributed by atoms with van der Waals surface area (Å²) >= 11 is 0. The van der Waals surface area contributed by atoms with E-state index in [0.717, 1.165) is 62.6 Å². The van der Waals surface area contributed by atoms with Crippen molar-refractivity contribution >= 4 is 39.0 Å². The highest BCUT2D eigenvalue weighted by Crippen LogP contribution is 2.36. The molecule has 138 valence electrons. The minimum Gasteiger partial charge on any atom is -0.456 e. The Balaban J connectivity index is 1.96. The van der Waals surface area contributed by atoms with E-state index in [1.807, 2.05) is 26.0 Å². The van der Waals surface area contributed by atoms with Crippen molar-refractivity contribution in [2.24, 2.45) is 0 Å². The van der Waals surface area contributed by atoms with Gasteiger partial charge in [-0.05, 0) is 63.1 Å². The normalized spacial score (nSPS) is 11.5. The first kappa shape index (κ1) is 18.0. The second-order valence-corrected chi connectivity index (χ2v) is 6.73. The van der Waals surface area contributed by atoms with Crippen molar-refractivity contribution in [3.8, 4) is 23.7 Å². The SMILES string of the molecule is CC#C/C(=C/c1oc2cc3c(cc2c1CC)oc1cc(C#CC)ccc13)CC. The Bertz CT molecular complexity index is 1350. The molecule has 0 radical (unpaired) electrons. The molecule has 0 saturated carbocycles. The van der Waals surface area contributed by atoms with E-state index in [-0.39, 0.29) is 0 Å². The Labute approximate surface area is 165 Å². The molecule has 0 atom stereocenters. The Morgan fingerprint density at radius 2 is 1.64 bits per heavy atom. The maximum Gasteiger partial charge on any atom is 0.136 e. The van der Waals surface area contributed by atoms with Crippen molar-refractivity contribution < 1.29 is 8.83 Å². The van der Waals surface area contributed by atoms with Gasteiger partial charge in [0.05, 0.1) is 0 Å². The Hall–Kier alpha value is -3.36. The predicted octanol–water partition coefficient (Wildman–Crippen LogP) is 7.08. The molecule has 0 fully saturated rings. The topological polar surface area (TPSA) is 26.3 Å². The lowest BCUT2D eigenvalue weighted by Gasteiger charge is -1.96. The highest BCUT2D eigenvalue weighted by molar-refractivity contribution is 6.10. The van der Waals surface area contributed by atoms with Gasteiger partial charge in [0.25, 0.3) is 0 Å². The number of allylic oxidation sites excluding steroid dienone is 1. The van der Waals surface area contributed by atoms with Gasteiger partial charge in [-0.2, -0.15) is 0 Å². The summed E-state index contributed by atoms with van der Waals surface area (Å²) in [4.78, 5) is 0. The van der Waals surface area contributed by atoms with Gasteiger partial charge in [0.2, 0.25) is 0 Å². The molecule has 0 unspecified atom stereocenters. The van der Waals surface area contributed by atoms with Crippen molar-refractivity contribution in [2.75, 3.05) is 0 Å². The zero-order valence-electron chi connectivity index (χ0n) is 16.7. The Morgan fingerprint density at radius 1 is 0.893 bits per heavy atom. The van der Waals surface area contributed by atoms with Crippen LogP contribution >= 0.6 is 0 Å². The molecule has 0 N–H and O–H groups in total. The van der Waals surface area contributed by atoms with Crippen LogP contribution in [0.2, 0.25) is 0 Å². The molecule has 0 saturated heterocycles. The fraction of sp³-hybridized carbons (Fsp3) is 0.231. The minimum absolute atomic E-state index is 0.854. The maximum absolute atomic E-state index is 6.25. The van der Waals surface area contributed by atoms with Gasteiger partial charge in [-0.3, -0.25) is 0 Å². The number of rotatable bonds is 3. The molecule has 2 heterocycles. The number of benzene rings is 2. The fourth-order valence-corrected chi connectivity index (χ4v) is 3.68. The first-order valence-electron chi connectivity index (χ1n) is 9.66. The molecule has 0 spiro atoms. The molecule has 2 heteroatoms. The number of hydrogen-bond donors (Lipinski definition) is 0. The van der Waals surface area contributed by atoms with Crippen molar-refractivity contribution in [1.82, 2.24) is 0 Å². The van der Waals surface area contributed by atoms with Crippen molar-refractivity contribution in [1.29, 1.82) is 0 Å². The van der Waals surface area contributed by atoms with E-state index in [0.29, 0.717) is 0 Å². The monoisotopic (exact) mass is 366 g/mol. The van der Waals surface area contributed by atoms with E-state index in [1.165, 1.54) is 5.56 Å². The first-order valence-corrected chi connectivity index (χ1v) is 9.66. The van der Waals surface area contributed by atoms with Crippen LogP contribution in [0.15, 0.2) is 44.7 Å². The largest absolute Gasteiger partial charge is 0.456 e. The van der Waals surface area contributed by atoms with Crippen LogP contribution in [0.1, 0.15) is 51.0 Å². The molecule has 2 aromatic heterocycles. The number of aryl methyl sites for hydroxylation is 1. The molecule has 2 aromatic carbocycles. The van der Waals surface area contributed by atoms with Crippen molar-refractivity contribution in [2.45, 2.75) is 40.5 Å². The summed E-state index contributed by atoms with van der Waals surface area (Å²) in [5, 5.41) is 3.25. The molecule has 0 bridgehead atoms. The lowest BCUT2D eigenvalue weighted by molar-refractivity contribution is 0.599. The van der Waals surface area contributed by atoms with E-state index >= 15 is 0 Å². The molecule has 28 heavy (non-hydrogen) atoms. The zero-order chi connectivity index (χ0) is 19.7. The Morgan fingerprint density at radius 3 is 2.36 bits per heavy atom. The average Bonchev–Trinajstić information content (AvgIpc) is 3.21. The number of fused-ring (bicyclic) bond motifs is 4. The van der Waals surface area contributed by atoms with Crippen LogP contribution in [0.5, 0.6) is 0 Å². The maximum atomic E-state index is 6.25. The number of hydrogen-bond acceptors (Lipinski definition) is 2. The van der Waals surface area contributed by atoms with Gasteiger partial charge in [-0.1, -0.05) is 25.7 Å². The lowest BCUT2D eigenvalue weighted by Crippen LogP contribution is -1.83. The van der Waals surface area contributed by atoms with Gasteiger partial charge >= 0.3 is 0 Å². The average molecular weight is 366 g/mol. The summed E-state index contributed by atoms with van der Waals surface area (Å²) in [7, 11) is 0. The third-order valence-corrected chi connectivity index (χ3v) is 5.01. The summed E-state index contributed by atoms with van der Waals surface area (Å²) in [6, 6.07) is 10.3.